The maximum atomic E-state index is 10.7. The minimum absolute atomic E-state index is 0.0102. The van der Waals surface area contributed by atoms with Crippen molar-refractivity contribution in [1.82, 2.24) is 24.5 Å². The second kappa shape index (κ2) is 7.13. The third kappa shape index (κ3) is 3.74. The van der Waals surface area contributed by atoms with Gasteiger partial charge in [0.1, 0.15) is 11.9 Å². The molecule has 0 fully saturated rings. The van der Waals surface area contributed by atoms with Crippen LogP contribution in [0.1, 0.15) is 18.7 Å². The third-order valence-electron chi connectivity index (χ3n) is 3.44. The molecule has 26 heavy (non-hydrogen) atoms. The minimum atomic E-state index is -0.454. The van der Waals surface area contributed by atoms with Crippen molar-refractivity contribution in [2.75, 3.05) is 14.1 Å². The van der Waals surface area contributed by atoms with Crippen LogP contribution in [0.15, 0.2) is 41.5 Å². The highest BCUT2D eigenvalue weighted by atomic mass is 16.6. The molecule has 2 aromatic heterocycles. The molecule has 1 atom stereocenters. The number of nitro benzene ring substituents is 1. The van der Waals surface area contributed by atoms with Crippen LogP contribution in [-0.4, -0.2) is 49.8 Å². The molecule has 10 heteroatoms. The zero-order valence-electron chi connectivity index (χ0n) is 14.5. The summed E-state index contributed by atoms with van der Waals surface area (Å²) in [6.45, 7) is 1.85. The Morgan fingerprint density at radius 2 is 2.04 bits per heavy atom. The molecule has 0 spiro atoms. The topological polar surface area (TPSA) is 111 Å². The van der Waals surface area contributed by atoms with Crippen molar-refractivity contribution in [3.8, 4) is 5.75 Å². The second-order valence-corrected chi connectivity index (χ2v) is 5.71. The molecular weight excluding hydrogens is 338 g/mol. The predicted molar refractivity (Wildman–Crippen MR) is 94.8 cm³/mol. The van der Waals surface area contributed by atoms with Crippen molar-refractivity contribution >= 4 is 23.8 Å². The fourth-order valence-corrected chi connectivity index (χ4v) is 2.24. The van der Waals surface area contributed by atoms with Gasteiger partial charge in [0.15, 0.2) is 0 Å². The van der Waals surface area contributed by atoms with Crippen LogP contribution in [0, 0.1) is 10.1 Å². The molecule has 10 nitrogen and oxygen atoms in total. The first kappa shape index (κ1) is 17.3. The number of hydrogen-bond donors (Lipinski definition) is 0. The van der Waals surface area contributed by atoms with E-state index >= 15 is 0 Å². The monoisotopic (exact) mass is 355 g/mol. The van der Waals surface area contributed by atoms with Crippen LogP contribution in [0.3, 0.4) is 0 Å². The Balaban J connectivity index is 1.85. The fraction of sp³-hybridized carbons (Fsp3) is 0.250. The summed E-state index contributed by atoms with van der Waals surface area (Å²) >= 11 is 0. The third-order valence-corrected chi connectivity index (χ3v) is 3.44. The average Bonchev–Trinajstić information content (AvgIpc) is 3.03. The maximum Gasteiger partial charge on any atom is 0.272 e. The van der Waals surface area contributed by atoms with Crippen molar-refractivity contribution in [2.45, 2.75) is 13.0 Å². The molecule has 0 saturated carbocycles. The van der Waals surface area contributed by atoms with Crippen molar-refractivity contribution in [3.05, 3.63) is 52.3 Å². The van der Waals surface area contributed by atoms with Gasteiger partial charge in [-0.2, -0.15) is 9.50 Å². The van der Waals surface area contributed by atoms with Gasteiger partial charge in [-0.1, -0.05) is 0 Å². The van der Waals surface area contributed by atoms with E-state index in [0.717, 1.165) is 5.69 Å². The summed E-state index contributed by atoms with van der Waals surface area (Å²) in [5, 5.41) is 15.1. The van der Waals surface area contributed by atoms with Crippen LogP contribution in [0.2, 0.25) is 0 Å². The van der Waals surface area contributed by atoms with E-state index in [4.69, 9.17) is 4.74 Å². The first-order valence-corrected chi connectivity index (χ1v) is 7.77. The lowest BCUT2D eigenvalue weighted by Gasteiger charge is -2.15. The second-order valence-electron chi connectivity index (χ2n) is 5.71. The van der Waals surface area contributed by atoms with Crippen molar-refractivity contribution in [1.29, 1.82) is 0 Å². The molecule has 0 aliphatic heterocycles. The fourth-order valence-electron chi connectivity index (χ4n) is 2.24. The van der Waals surface area contributed by atoms with Crippen LogP contribution >= 0.6 is 0 Å². The maximum absolute atomic E-state index is 10.7. The van der Waals surface area contributed by atoms with Crippen LogP contribution in [0.4, 0.5) is 11.6 Å². The molecule has 0 amide bonds. The molecular formula is C16H17N7O3. The number of nitro groups is 1. The van der Waals surface area contributed by atoms with Gasteiger partial charge in [0, 0.05) is 32.4 Å². The SMILES string of the molecule is CC(Oc1ccc([N+](=O)[O-])cc1)c1ccnc2nc(/N=C/N(C)C)nn12. The number of hydrogen-bond acceptors (Lipinski definition) is 7. The summed E-state index contributed by atoms with van der Waals surface area (Å²) in [4.78, 5) is 24.6. The van der Waals surface area contributed by atoms with Gasteiger partial charge in [-0.15, -0.1) is 5.10 Å². The van der Waals surface area contributed by atoms with Gasteiger partial charge in [-0.05, 0) is 25.1 Å². The lowest BCUT2D eigenvalue weighted by molar-refractivity contribution is -0.384. The summed E-state index contributed by atoms with van der Waals surface area (Å²) < 4.78 is 7.43. The molecule has 0 saturated heterocycles. The molecule has 2 heterocycles. The summed E-state index contributed by atoms with van der Waals surface area (Å²) in [5.74, 6) is 1.22. The zero-order chi connectivity index (χ0) is 18.7. The van der Waals surface area contributed by atoms with Crippen molar-refractivity contribution < 1.29 is 9.66 Å². The number of nitrogens with zero attached hydrogens (tertiary/aromatic N) is 7. The summed E-state index contributed by atoms with van der Waals surface area (Å²) in [6.07, 6.45) is 2.84. The number of aliphatic imine (C=N–C) groups is 1. The summed E-state index contributed by atoms with van der Waals surface area (Å²) in [5.41, 5.74) is 0.739. The highest BCUT2D eigenvalue weighted by molar-refractivity contribution is 5.58. The van der Waals surface area contributed by atoms with Crippen LogP contribution in [0.25, 0.3) is 5.78 Å². The highest BCUT2D eigenvalue weighted by Crippen LogP contribution is 2.24. The molecule has 0 aliphatic rings. The van der Waals surface area contributed by atoms with E-state index in [-0.39, 0.29) is 11.8 Å². The lowest BCUT2D eigenvalue weighted by Crippen LogP contribution is -2.10. The van der Waals surface area contributed by atoms with E-state index in [1.165, 1.54) is 12.1 Å². The average molecular weight is 355 g/mol. The smallest absolute Gasteiger partial charge is 0.272 e. The minimum Gasteiger partial charge on any atom is -0.484 e. The van der Waals surface area contributed by atoms with E-state index in [1.54, 1.807) is 40.1 Å². The molecule has 0 aliphatic carbocycles. The molecule has 0 radical (unpaired) electrons. The van der Waals surface area contributed by atoms with Crippen LogP contribution in [0.5, 0.6) is 5.75 Å². The Kier molecular flexibility index (Phi) is 4.74. The van der Waals surface area contributed by atoms with E-state index in [2.05, 4.69) is 20.1 Å². The number of fused-ring (bicyclic) bond motifs is 1. The van der Waals surface area contributed by atoms with Gasteiger partial charge in [0.05, 0.1) is 17.0 Å². The number of ether oxygens (including phenoxy) is 1. The van der Waals surface area contributed by atoms with Gasteiger partial charge in [-0.3, -0.25) is 10.1 Å². The predicted octanol–water partition coefficient (Wildman–Crippen LogP) is 2.39. The number of rotatable bonds is 6. The normalized spacial score (nSPS) is 12.4. The zero-order valence-corrected chi connectivity index (χ0v) is 14.5. The molecule has 1 unspecified atom stereocenters. The van der Waals surface area contributed by atoms with Gasteiger partial charge >= 0.3 is 0 Å². The van der Waals surface area contributed by atoms with Crippen molar-refractivity contribution in [2.24, 2.45) is 4.99 Å². The Morgan fingerprint density at radius 3 is 2.69 bits per heavy atom. The van der Waals surface area contributed by atoms with Gasteiger partial charge in [-0.25, -0.2) is 9.98 Å². The summed E-state index contributed by atoms with van der Waals surface area (Å²) in [6, 6.07) is 7.68. The lowest BCUT2D eigenvalue weighted by atomic mass is 10.2. The number of benzene rings is 1. The molecule has 1 aromatic carbocycles. The Hall–Kier alpha value is -3.56. The molecule has 0 N–H and O–H groups in total. The van der Waals surface area contributed by atoms with Gasteiger partial charge in [0.25, 0.3) is 17.4 Å². The van der Waals surface area contributed by atoms with Crippen LogP contribution < -0.4 is 4.74 Å². The number of non-ortho nitro benzene ring substituents is 1. The molecule has 3 rings (SSSR count). The van der Waals surface area contributed by atoms with E-state index in [1.807, 2.05) is 21.0 Å². The summed E-state index contributed by atoms with van der Waals surface area (Å²) in [7, 11) is 3.70. The Labute approximate surface area is 148 Å². The van der Waals surface area contributed by atoms with E-state index in [0.29, 0.717) is 17.5 Å². The highest BCUT2D eigenvalue weighted by Gasteiger charge is 2.15. The van der Waals surface area contributed by atoms with E-state index in [9.17, 15) is 10.1 Å². The number of aromatic nitrogens is 4. The Bertz CT molecular complexity index is 950. The molecule has 0 bridgehead atoms. The molecule has 134 valence electrons. The first-order valence-electron chi connectivity index (χ1n) is 7.77. The van der Waals surface area contributed by atoms with E-state index < -0.39 is 4.92 Å². The quantitative estimate of drug-likeness (QED) is 0.289. The van der Waals surface area contributed by atoms with Crippen molar-refractivity contribution in [3.63, 3.8) is 0 Å². The standard InChI is InChI=1S/C16H17N7O3/c1-11(26-13-6-4-12(5-7-13)23(24)25)14-8-9-17-16-19-15(20-22(14)16)18-10-21(2)3/h4-11H,1-3H3/b18-10+. The van der Waals surface area contributed by atoms with Gasteiger partial charge in [0.2, 0.25) is 0 Å². The molecule has 3 aromatic rings. The first-order chi connectivity index (χ1) is 12.4. The van der Waals surface area contributed by atoms with Crippen LogP contribution in [-0.2, 0) is 0 Å². The van der Waals surface area contributed by atoms with Gasteiger partial charge < -0.3 is 9.64 Å². The Morgan fingerprint density at radius 1 is 1.31 bits per heavy atom. The largest absolute Gasteiger partial charge is 0.484 e.